The van der Waals surface area contributed by atoms with Crippen LogP contribution in [0.5, 0.6) is 5.75 Å². The van der Waals surface area contributed by atoms with E-state index in [0.29, 0.717) is 6.54 Å². The van der Waals surface area contributed by atoms with Crippen LogP contribution in [0.15, 0.2) is 18.2 Å². The van der Waals surface area contributed by atoms with Crippen molar-refractivity contribution in [2.75, 3.05) is 13.2 Å². The van der Waals surface area contributed by atoms with Crippen molar-refractivity contribution in [1.29, 1.82) is 0 Å². The zero-order chi connectivity index (χ0) is 16.6. The molecular formula is C17H20FNO4. The number of aliphatic carboxylic acids is 1. The number of hydrogen-bond donors (Lipinski definition) is 1. The molecule has 3 atom stereocenters. The molecule has 1 aromatic rings. The number of rotatable bonds is 4. The van der Waals surface area contributed by atoms with Gasteiger partial charge < -0.3 is 14.7 Å². The van der Waals surface area contributed by atoms with Crippen LogP contribution in [-0.4, -0.2) is 41.1 Å². The highest BCUT2D eigenvalue weighted by atomic mass is 19.1. The van der Waals surface area contributed by atoms with Crippen molar-refractivity contribution in [3.63, 3.8) is 0 Å². The number of hydrogen-bond acceptors (Lipinski definition) is 3. The highest BCUT2D eigenvalue weighted by Crippen LogP contribution is 2.42. The Morgan fingerprint density at radius 2 is 2.17 bits per heavy atom. The van der Waals surface area contributed by atoms with Crippen molar-refractivity contribution in [3.8, 4) is 5.75 Å². The number of benzene rings is 1. The van der Waals surface area contributed by atoms with Crippen LogP contribution < -0.4 is 4.74 Å². The molecule has 6 heteroatoms. The Labute approximate surface area is 134 Å². The van der Waals surface area contributed by atoms with E-state index in [9.17, 15) is 19.1 Å². The van der Waals surface area contributed by atoms with Crippen LogP contribution in [0, 0.1) is 24.6 Å². The molecule has 1 N–H and O–H groups in total. The maximum atomic E-state index is 13.6. The quantitative estimate of drug-likeness (QED) is 0.923. The Kier molecular flexibility index (Phi) is 4.24. The van der Waals surface area contributed by atoms with Gasteiger partial charge in [-0.25, -0.2) is 9.18 Å². The predicted molar refractivity (Wildman–Crippen MR) is 80.6 cm³/mol. The summed E-state index contributed by atoms with van der Waals surface area (Å²) in [7, 11) is 0. The van der Waals surface area contributed by atoms with Crippen LogP contribution in [0.25, 0.3) is 0 Å². The third-order valence-corrected chi connectivity index (χ3v) is 4.90. The van der Waals surface area contributed by atoms with Crippen molar-refractivity contribution in [1.82, 2.24) is 4.90 Å². The molecule has 1 aliphatic carbocycles. The van der Waals surface area contributed by atoms with Gasteiger partial charge in [-0.15, -0.1) is 0 Å². The summed E-state index contributed by atoms with van der Waals surface area (Å²) >= 11 is 0. The van der Waals surface area contributed by atoms with E-state index in [2.05, 4.69) is 0 Å². The average Bonchev–Trinajstić information content (AvgIpc) is 3.07. The molecule has 0 unspecified atom stereocenters. The van der Waals surface area contributed by atoms with E-state index in [1.165, 1.54) is 17.0 Å². The van der Waals surface area contributed by atoms with Crippen LogP contribution in [0.4, 0.5) is 4.39 Å². The minimum absolute atomic E-state index is 0.0182. The van der Waals surface area contributed by atoms with Crippen molar-refractivity contribution in [2.24, 2.45) is 11.8 Å². The van der Waals surface area contributed by atoms with E-state index < -0.39 is 23.7 Å². The fourth-order valence-electron chi connectivity index (χ4n) is 3.82. The molecule has 0 bridgehead atoms. The minimum atomic E-state index is -0.963. The predicted octanol–water partition coefficient (Wildman–Crippen LogP) is 2.22. The third kappa shape index (κ3) is 3.02. The average molecular weight is 321 g/mol. The number of carboxylic acid groups (broad SMARTS) is 1. The van der Waals surface area contributed by atoms with Crippen LogP contribution in [0.3, 0.4) is 0 Å². The summed E-state index contributed by atoms with van der Waals surface area (Å²) in [5.41, 5.74) is 0.827. The lowest BCUT2D eigenvalue weighted by Crippen LogP contribution is -2.45. The van der Waals surface area contributed by atoms with Crippen molar-refractivity contribution < 1.29 is 23.8 Å². The molecule has 3 rings (SSSR count). The molecule has 1 heterocycles. The fraction of sp³-hybridized carbons (Fsp3) is 0.529. The Morgan fingerprint density at radius 1 is 1.39 bits per heavy atom. The summed E-state index contributed by atoms with van der Waals surface area (Å²) in [6, 6.07) is 3.65. The number of halogens is 1. The van der Waals surface area contributed by atoms with Gasteiger partial charge >= 0.3 is 5.97 Å². The molecule has 1 saturated heterocycles. The second-order valence-corrected chi connectivity index (χ2v) is 6.41. The second kappa shape index (κ2) is 6.18. The molecule has 0 aromatic heterocycles. The zero-order valence-electron chi connectivity index (χ0n) is 13.0. The summed E-state index contributed by atoms with van der Waals surface area (Å²) in [4.78, 5) is 25.3. The van der Waals surface area contributed by atoms with Gasteiger partial charge in [0.1, 0.15) is 6.04 Å². The van der Waals surface area contributed by atoms with Gasteiger partial charge in [-0.2, -0.15) is 0 Å². The smallest absolute Gasteiger partial charge is 0.326 e. The second-order valence-electron chi connectivity index (χ2n) is 6.41. The third-order valence-electron chi connectivity index (χ3n) is 4.90. The first-order chi connectivity index (χ1) is 11.0. The number of aryl methyl sites for hydroxylation is 1. The van der Waals surface area contributed by atoms with Gasteiger partial charge in [0.2, 0.25) is 0 Å². The minimum Gasteiger partial charge on any atom is -0.481 e. The normalized spacial score (nSPS) is 26.2. The zero-order valence-corrected chi connectivity index (χ0v) is 13.0. The molecule has 1 amide bonds. The Morgan fingerprint density at radius 3 is 2.91 bits per heavy atom. The lowest BCUT2D eigenvalue weighted by atomic mass is 9.94. The molecule has 124 valence electrons. The van der Waals surface area contributed by atoms with Crippen LogP contribution in [-0.2, 0) is 9.59 Å². The van der Waals surface area contributed by atoms with E-state index in [4.69, 9.17) is 4.74 Å². The fourth-order valence-corrected chi connectivity index (χ4v) is 3.82. The molecule has 5 nitrogen and oxygen atoms in total. The first kappa shape index (κ1) is 15.8. The van der Waals surface area contributed by atoms with Gasteiger partial charge in [-0.05, 0) is 49.3 Å². The lowest BCUT2D eigenvalue weighted by molar-refractivity contribution is -0.150. The van der Waals surface area contributed by atoms with Gasteiger partial charge in [-0.3, -0.25) is 4.79 Å². The van der Waals surface area contributed by atoms with Gasteiger partial charge in [0.05, 0.1) is 0 Å². The Balaban J connectivity index is 1.68. The number of likely N-dealkylation sites (tertiary alicyclic amines) is 1. The number of nitrogens with zero attached hydrogens (tertiary/aromatic N) is 1. The van der Waals surface area contributed by atoms with Crippen LogP contribution >= 0.6 is 0 Å². The van der Waals surface area contributed by atoms with Crippen molar-refractivity contribution in [3.05, 3.63) is 29.6 Å². The number of carbonyl (C=O) groups is 2. The first-order valence-corrected chi connectivity index (χ1v) is 7.88. The lowest BCUT2D eigenvalue weighted by Gasteiger charge is -2.24. The molecule has 23 heavy (non-hydrogen) atoms. The monoisotopic (exact) mass is 321 g/mol. The number of carboxylic acids is 1. The van der Waals surface area contributed by atoms with Crippen molar-refractivity contribution >= 4 is 11.9 Å². The summed E-state index contributed by atoms with van der Waals surface area (Å²) in [5.74, 6) is -1.58. The summed E-state index contributed by atoms with van der Waals surface area (Å²) in [6.07, 6.45) is 2.83. The number of ether oxygens (including phenoxy) is 1. The largest absolute Gasteiger partial charge is 0.481 e. The van der Waals surface area contributed by atoms with E-state index in [1.807, 2.05) is 0 Å². The van der Waals surface area contributed by atoms with Gasteiger partial charge in [0.15, 0.2) is 18.2 Å². The maximum absolute atomic E-state index is 13.6. The molecule has 0 radical (unpaired) electrons. The number of carbonyl (C=O) groups excluding carboxylic acids is 1. The Hall–Kier alpha value is -2.11. The molecule has 1 aliphatic heterocycles. The van der Waals surface area contributed by atoms with Gasteiger partial charge in [0.25, 0.3) is 5.91 Å². The van der Waals surface area contributed by atoms with Gasteiger partial charge in [-0.1, -0.05) is 12.5 Å². The Bertz CT molecular complexity index is 633. The van der Waals surface area contributed by atoms with E-state index >= 15 is 0 Å². The molecule has 1 saturated carbocycles. The van der Waals surface area contributed by atoms with E-state index in [1.54, 1.807) is 13.0 Å². The first-order valence-electron chi connectivity index (χ1n) is 7.88. The molecule has 2 aliphatic rings. The maximum Gasteiger partial charge on any atom is 0.326 e. The van der Waals surface area contributed by atoms with Crippen molar-refractivity contribution in [2.45, 2.75) is 32.2 Å². The standard InChI is InChI=1S/C17H20FNO4/c1-10-5-6-13(18)14(7-10)23-9-15(20)19-8-11-3-2-4-12(11)16(19)17(21)22/h5-7,11-12,16H,2-4,8-9H2,1H3,(H,21,22)/t11-,12+,16-/m0/s1. The van der Waals surface area contributed by atoms with Crippen LogP contribution in [0.2, 0.25) is 0 Å². The van der Waals surface area contributed by atoms with E-state index in [-0.39, 0.29) is 24.2 Å². The molecular weight excluding hydrogens is 301 g/mol. The highest BCUT2D eigenvalue weighted by Gasteiger charge is 2.49. The van der Waals surface area contributed by atoms with E-state index in [0.717, 1.165) is 24.8 Å². The summed E-state index contributed by atoms with van der Waals surface area (Å²) in [6.45, 7) is 1.92. The highest BCUT2D eigenvalue weighted by molar-refractivity contribution is 5.85. The summed E-state index contributed by atoms with van der Waals surface area (Å²) < 4.78 is 18.9. The van der Waals surface area contributed by atoms with Gasteiger partial charge in [0, 0.05) is 6.54 Å². The summed E-state index contributed by atoms with van der Waals surface area (Å²) in [5, 5.41) is 9.45. The topological polar surface area (TPSA) is 66.8 Å². The number of fused-ring (bicyclic) bond motifs is 1. The van der Waals surface area contributed by atoms with Crippen LogP contribution in [0.1, 0.15) is 24.8 Å². The molecule has 0 spiro atoms. The SMILES string of the molecule is Cc1ccc(F)c(OCC(=O)N2C[C@@H]3CCC[C@H]3[C@H]2C(=O)O)c1. The number of amides is 1. The molecule has 2 fully saturated rings. The molecule has 1 aromatic carbocycles.